The van der Waals surface area contributed by atoms with E-state index < -0.39 is 5.82 Å². The standard InChI is InChI=1S/C11H13Cl2FN2O/c1-2-3-15-10(17)6-16-7-4-8(12)11(14)9(13)5-7/h4-5,16H,2-3,6H2,1H3,(H,15,17). The van der Waals surface area contributed by atoms with Gasteiger partial charge in [-0.25, -0.2) is 4.39 Å². The van der Waals surface area contributed by atoms with Gasteiger partial charge in [0.25, 0.3) is 0 Å². The maximum Gasteiger partial charge on any atom is 0.239 e. The van der Waals surface area contributed by atoms with Crippen LogP contribution < -0.4 is 10.6 Å². The van der Waals surface area contributed by atoms with E-state index in [1.54, 1.807) is 0 Å². The van der Waals surface area contributed by atoms with Gasteiger partial charge in [-0.2, -0.15) is 0 Å². The molecule has 0 bridgehead atoms. The van der Waals surface area contributed by atoms with Crippen molar-refractivity contribution >= 4 is 34.8 Å². The van der Waals surface area contributed by atoms with E-state index in [1.165, 1.54) is 12.1 Å². The molecule has 0 unspecified atom stereocenters. The molecule has 0 spiro atoms. The van der Waals surface area contributed by atoms with E-state index in [4.69, 9.17) is 23.2 Å². The van der Waals surface area contributed by atoms with Gasteiger partial charge in [0.05, 0.1) is 16.6 Å². The summed E-state index contributed by atoms with van der Waals surface area (Å²) in [6, 6.07) is 2.77. The first-order valence-corrected chi connectivity index (χ1v) is 5.95. The third-order valence-electron chi connectivity index (χ3n) is 2.01. The largest absolute Gasteiger partial charge is 0.376 e. The van der Waals surface area contributed by atoms with Crippen molar-refractivity contribution < 1.29 is 9.18 Å². The Bertz CT molecular complexity index is 389. The second-order valence-corrected chi connectivity index (χ2v) is 4.27. The van der Waals surface area contributed by atoms with Crippen molar-refractivity contribution in [3.63, 3.8) is 0 Å². The van der Waals surface area contributed by atoms with Crippen molar-refractivity contribution in [2.24, 2.45) is 0 Å². The number of nitrogens with one attached hydrogen (secondary N) is 2. The molecule has 0 heterocycles. The van der Waals surface area contributed by atoms with E-state index in [9.17, 15) is 9.18 Å². The molecule has 3 nitrogen and oxygen atoms in total. The van der Waals surface area contributed by atoms with E-state index in [1.807, 2.05) is 6.92 Å². The maximum atomic E-state index is 13.1. The maximum absolute atomic E-state index is 13.1. The Morgan fingerprint density at radius 3 is 2.47 bits per heavy atom. The first-order chi connectivity index (χ1) is 8.04. The predicted molar refractivity (Wildman–Crippen MR) is 68.2 cm³/mol. The molecule has 0 aliphatic rings. The highest BCUT2D eigenvalue weighted by Gasteiger charge is 2.08. The number of benzene rings is 1. The van der Waals surface area contributed by atoms with Gasteiger partial charge in [0, 0.05) is 12.2 Å². The molecule has 2 N–H and O–H groups in total. The highest BCUT2D eigenvalue weighted by atomic mass is 35.5. The Morgan fingerprint density at radius 2 is 1.94 bits per heavy atom. The highest BCUT2D eigenvalue weighted by molar-refractivity contribution is 6.35. The predicted octanol–water partition coefficient (Wildman–Crippen LogP) is 3.07. The summed E-state index contributed by atoms with van der Waals surface area (Å²) in [7, 11) is 0. The van der Waals surface area contributed by atoms with Crippen LogP contribution in [0.4, 0.5) is 10.1 Å². The zero-order valence-electron chi connectivity index (χ0n) is 9.32. The Hall–Kier alpha value is -1.00. The normalized spacial score (nSPS) is 10.1. The van der Waals surface area contributed by atoms with Crippen molar-refractivity contribution in [3.05, 3.63) is 28.0 Å². The van der Waals surface area contributed by atoms with Crippen LogP contribution in [0.15, 0.2) is 12.1 Å². The van der Waals surface area contributed by atoms with Crippen molar-refractivity contribution in [1.82, 2.24) is 5.32 Å². The van der Waals surface area contributed by atoms with Crippen LogP contribution in [-0.2, 0) is 4.79 Å². The average molecular weight is 279 g/mol. The van der Waals surface area contributed by atoms with E-state index >= 15 is 0 Å². The van der Waals surface area contributed by atoms with Gasteiger partial charge in [-0.1, -0.05) is 30.1 Å². The molecule has 6 heteroatoms. The Kier molecular flexibility index (Phi) is 5.51. The van der Waals surface area contributed by atoms with Crippen LogP contribution in [0, 0.1) is 5.82 Å². The fraction of sp³-hybridized carbons (Fsp3) is 0.364. The Labute approximate surface area is 109 Å². The minimum atomic E-state index is -0.658. The summed E-state index contributed by atoms with van der Waals surface area (Å²) < 4.78 is 13.1. The summed E-state index contributed by atoms with van der Waals surface area (Å²) in [5.74, 6) is -0.794. The monoisotopic (exact) mass is 278 g/mol. The summed E-state index contributed by atoms with van der Waals surface area (Å²) in [4.78, 5) is 11.3. The summed E-state index contributed by atoms with van der Waals surface area (Å²) in [6.45, 7) is 2.69. The molecule has 0 atom stereocenters. The molecular weight excluding hydrogens is 266 g/mol. The number of amides is 1. The number of halogens is 3. The number of carbonyl (C=O) groups excluding carboxylic acids is 1. The van der Waals surface area contributed by atoms with Crippen LogP contribution in [-0.4, -0.2) is 19.0 Å². The molecule has 17 heavy (non-hydrogen) atoms. The fourth-order valence-corrected chi connectivity index (χ4v) is 1.65. The molecule has 0 radical (unpaired) electrons. The molecule has 1 aromatic carbocycles. The summed E-state index contributed by atoms with van der Waals surface area (Å²) in [6.07, 6.45) is 0.875. The molecule has 1 aromatic rings. The molecule has 0 aliphatic heterocycles. The second-order valence-electron chi connectivity index (χ2n) is 3.46. The number of rotatable bonds is 5. The lowest BCUT2D eigenvalue weighted by atomic mass is 10.3. The first kappa shape index (κ1) is 14.1. The van der Waals surface area contributed by atoms with Crippen LogP contribution >= 0.6 is 23.2 Å². The molecule has 0 saturated heterocycles. The SMILES string of the molecule is CCCNC(=O)CNc1cc(Cl)c(F)c(Cl)c1. The number of hydrogen-bond donors (Lipinski definition) is 2. The number of anilines is 1. The molecule has 94 valence electrons. The van der Waals surface area contributed by atoms with Gasteiger partial charge in [0.1, 0.15) is 0 Å². The van der Waals surface area contributed by atoms with E-state index in [-0.39, 0.29) is 22.5 Å². The van der Waals surface area contributed by atoms with Crippen LogP contribution in [0.5, 0.6) is 0 Å². The van der Waals surface area contributed by atoms with Gasteiger partial charge < -0.3 is 10.6 Å². The van der Waals surface area contributed by atoms with Crippen LogP contribution in [0.3, 0.4) is 0 Å². The lowest BCUT2D eigenvalue weighted by molar-refractivity contribution is -0.119. The zero-order chi connectivity index (χ0) is 12.8. The van der Waals surface area contributed by atoms with Gasteiger partial charge in [0.2, 0.25) is 5.91 Å². The van der Waals surface area contributed by atoms with Crippen molar-refractivity contribution in [3.8, 4) is 0 Å². The minimum Gasteiger partial charge on any atom is -0.376 e. The summed E-state index contributed by atoms with van der Waals surface area (Å²) in [5, 5.41) is 5.37. The minimum absolute atomic E-state index is 0.0750. The highest BCUT2D eigenvalue weighted by Crippen LogP contribution is 2.27. The van der Waals surface area contributed by atoms with E-state index in [2.05, 4.69) is 10.6 Å². The average Bonchev–Trinajstić information content (AvgIpc) is 2.30. The summed E-state index contributed by atoms with van der Waals surface area (Å²) >= 11 is 11.2. The van der Waals surface area contributed by atoms with Gasteiger partial charge in [0.15, 0.2) is 5.82 Å². The first-order valence-electron chi connectivity index (χ1n) is 5.19. The third kappa shape index (κ3) is 4.40. The molecular formula is C11H13Cl2FN2O. The van der Waals surface area contributed by atoms with Crippen molar-refractivity contribution in [2.45, 2.75) is 13.3 Å². The molecule has 1 rings (SSSR count). The van der Waals surface area contributed by atoms with Gasteiger partial charge >= 0.3 is 0 Å². The van der Waals surface area contributed by atoms with E-state index in [0.29, 0.717) is 12.2 Å². The number of hydrogen-bond acceptors (Lipinski definition) is 2. The topological polar surface area (TPSA) is 41.1 Å². The quantitative estimate of drug-likeness (QED) is 0.813. The molecule has 0 fully saturated rings. The number of carbonyl (C=O) groups is 1. The van der Waals surface area contributed by atoms with Crippen LogP contribution in [0.1, 0.15) is 13.3 Å². The fourth-order valence-electron chi connectivity index (χ4n) is 1.17. The second kappa shape index (κ2) is 6.67. The lowest BCUT2D eigenvalue weighted by Crippen LogP contribution is -2.30. The van der Waals surface area contributed by atoms with Crippen molar-refractivity contribution in [1.29, 1.82) is 0 Å². The third-order valence-corrected chi connectivity index (χ3v) is 2.56. The van der Waals surface area contributed by atoms with Crippen molar-refractivity contribution in [2.75, 3.05) is 18.4 Å². The van der Waals surface area contributed by atoms with Crippen LogP contribution in [0.25, 0.3) is 0 Å². The molecule has 0 aromatic heterocycles. The molecule has 1 amide bonds. The Morgan fingerprint density at radius 1 is 1.35 bits per heavy atom. The van der Waals surface area contributed by atoms with Gasteiger partial charge in [-0.3, -0.25) is 4.79 Å². The van der Waals surface area contributed by atoms with Gasteiger partial charge in [-0.05, 0) is 18.6 Å². The zero-order valence-corrected chi connectivity index (χ0v) is 10.8. The Balaban J connectivity index is 2.55. The summed E-state index contributed by atoms with van der Waals surface area (Å²) in [5.41, 5.74) is 0.507. The lowest BCUT2D eigenvalue weighted by Gasteiger charge is -2.08. The molecule has 0 aliphatic carbocycles. The van der Waals surface area contributed by atoms with Gasteiger partial charge in [-0.15, -0.1) is 0 Å². The molecule has 0 saturated carbocycles. The smallest absolute Gasteiger partial charge is 0.239 e. The van der Waals surface area contributed by atoms with Crippen LogP contribution in [0.2, 0.25) is 10.0 Å². The van der Waals surface area contributed by atoms with E-state index in [0.717, 1.165) is 6.42 Å².